The Labute approximate surface area is 120 Å². The molecule has 0 saturated heterocycles. The summed E-state index contributed by atoms with van der Waals surface area (Å²) in [6.07, 6.45) is 0. The summed E-state index contributed by atoms with van der Waals surface area (Å²) in [6.45, 7) is 1.88. The van der Waals surface area contributed by atoms with Gasteiger partial charge >= 0.3 is 5.97 Å². The first-order chi connectivity index (χ1) is 8.36. The fraction of sp³-hybridized carbons (Fsp3) is 0.364. The van der Waals surface area contributed by atoms with Crippen LogP contribution in [-0.2, 0) is 19.6 Å². The second-order valence-corrected chi connectivity index (χ2v) is 6.93. The maximum atomic E-state index is 11.9. The lowest BCUT2D eigenvalue weighted by Gasteiger charge is -2.10. The summed E-state index contributed by atoms with van der Waals surface area (Å²) >= 11 is 1.83. The van der Waals surface area contributed by atoms with E-state index in [-0.39, 0.29) is 11.4 Å². The predicted octanol–water partition coefficient (Wildman–Crippen LogP) is 1.25. The smallest absolute Gasteiger partial charge is 0.319 e. The molecule has 7 heteroatoms. The van der Waals surface area contributed by atoms with Crippen molar-refractivity contribution in [2.75, 3.05) is 13.7 Å². The van der Waals surface area contributed by atoms with E-state index >= 15 is 0 Å². The molecule has 0 bridgehead atoms. The molecule has 0 saturated carbocycles. The molecule has 0 amide bonds. The minimum Gasteiger partial charge on any atom is -0.468 e. The molecule has 1 unspecified atom stereocenters. The highest BCUT2D eigenvalue weighted by Crippen LogP contribution is 2.10. The van der Waals surface area contributed by atoms with Gasteiger partial charge in [0.25, 0.3) is 0 Å². The number of carbonyl (C=O) groups excluding carboxylic acids is 1. The summed E-state index contributed by atoms with van der Waals surface area (Å²) in [4.78, 5) is 11.3. The average molecular weight is 383 g/mol. The Hall–Kier alpha value is -0.670. The van der Waals surface area contributed by atoms with E-state index in [1.165, 1.54) is 19.2 Å². The van der Waals surface area contributed by atoms with E-state index in [9.17, 15) is 13.2 Å². The first-order valence-corrected chi connectivity index (χ1v) is 7.88. The molecule has 1 N–H and O–H groups in total. The Morgan fingerprint density at radius 3 is 2.44 bits per heavy atom. The maximum Gasteiger partial charge on any atom is 0.319 e. The number of hydrogen-bond donors (Lipinski definition) is 1. The van der Waals surface area contributed by atoms with Crippen LogP contribution < -0.4 is 4.72 Å². The minimum atomic E-state index is -3.58. The third-order valence-electron chi connectivity index (χ3n) is 2.24. The number of aryl methyl sites for hydroxylation is 1. The number of halogens is 1. The van der Waals surface area contributed by atoms with Crippen LogP contribution in [0.2, 0.25) is 0 Å². The van der Waals surface area contributed by atoms with Gasteiger partial charge in [-0.2, -0.15) is 0 Å². The second-order valence-electron chi connectivity index (χ2n) is 3.66. The van der Waals surface area contributed by atoms with E-state index in [1.807, 2.05) is 29.5 Å². The zero-order valence-corrected chi connectivity index (χ0v) is 13.0. The molecular weight excluding hydrogens is 369 g/mol. The fourth-order valence-electron chi connectivity index (χ4n) is 1.19. The molecule has 0 spiro atoms. The van der Waals surface area contributed by atoms with Crippen LogP contribution in [0.25, 0.3) is 0 Å². The number of methoxy groups -OCH3 is 1. The zero-order chi connectivity index (χ0) is 13.8. The van der Waals surface area contributed by atoms with Crippen LogP contribution in [0.3, 0.4) is 0 Å². The van der Waals surface area contributed by atoms with Gasteiger partial charge in [0.2, 0.25) is 10.0 Å². The van der Waals surface area contributed by atoms with Crippen LogP contribution in [0.15, 0.2) is 29.2 Å². The summed E-state index contributed by atoms with van der Waals surface area (Å²) in [5.74, 6) is -0.456. The molecule has 5 nitrogen and oxygen atoms in total. The molecule has 0 aliphatic rings. The minimum absolute atomic E-state index is 0.00342. The molecule has 0 fully saturated rings. The molecule has 18 heavy (non-hydrogen) atoms. The highest BCUT2D eigenvalue weighted by atomic mass is 127. The van der Waals surface area contributed by atoms with Crippen molar-refractivity contribution in [2.45, 2.75) is 15.7 Å². The summed E-state index contributed by atoms with van der Waals surface area (Å²) < 4.78 is 30.1. The van der Waals surface area contributed by atoms with Crippen LogP contribution in [0.5, 0.6) is 0 Å². The topological polar surface area (TPSA) is 72.5 Å². The molecule has 0 heterocycles. The molecule has 0 aliphatic carbocycles. The largest absolute Gasteiger partial charge is 0.468 e. The third kappa shape index (κ3) is 4.21. The number of benzene rings is 1. The number of hydrogen-bond acceptors (Lipinski definition) is 4. The monoisotopic (exact) mass is 383 g/mol. The second kappa shape index (κ2) is 6.48. The van der Waals surface area contributed by atoms with Crippen LogP contribution in [-0.4, -0.2) is 32.0 Å². The first kappa shape index (κ1) is 15.4. The Balaban J connectivity index is 2.71. The molecule has 0 aliphatic heterocycles. The molecule has 1 aromatic rings. The number of nitrogens with one attached hydrogen (secondary N) is 1. The van der Waals surface area contributed by atoms with E-state index < -0.39 is 19.9 Å². The van der Waals surface area contributed by atoms with Gasteiger partial charge in [0.15, 0.2) is 0 Å². The van der Waals surface area contributed by atoms with Crippen molar-refractivity contribution in [1.82, 2.24) is 4.72 Å². The van der Waals surface area contributed by atoms with Gasteiger partial charge in [0.1, 0.15) is 3.92 Å². The number of esters is 1. The lowest BCUT2D eigenvalue weighted by atomic mass is 10.2. The SMILES string of the molecule is COC(=O)C(I)CNS(=O)(=O)c1ccc(C)cc1. The Kier molecular flexibility index (Phi) is 5.54. The lowest BCUT2D eigenvalue weighted by Crippen LogP contribution is -2.33. The van der Waals surface area contributed by atoms with E-state index in [0.717, 1.165) is 5.56 Å². The van der Waals surface area contributed by atoms with Crippen LogP contribution in [0.1, 0.15) is 5.56 Å². The molecule has 1 aromatic carbocycles. The van der Waals surface area contributed by atoms with Gasteiger partial charge in [0.05, 0.1) is 12.0 Å². The van der Waals surface area contributed by atoms with Crippen LogP contribution in [0, 0.1) is 6.92 Å². The van der Waals surface area contributed by atoms with E-state index in [0.29, 0.717) is 0 Å². The van der Waals surface area contributed by atoms with Crippen molar-refractivity contribution in [1.29, 1.82) is 0 Å². The Morgan fingerprint density at radius 2 is 1.94 bits per heavy atom. The van der Waals surface area contributed by atoms with Crippen molar-refractivity contribution < 1.29 is 17.9 Å². The van der Waals surface area contributed by atoms with E-state index in [1.54, 1.807) is 12.1 Å². The fourth-order valence-corrected chi connectivity index (χ4v) is 3.02. The molecule has 1 atom stereocenters. The van der Waals surface area contributed by atoms with Gasteiger partial charge in [-0.15, -0.1) is 0 Å². The van der Waals surface area contributed by atoms with Crippen molar-refractivity contribution >= 4 is 38.6 Å². The first-order valence-electron chi connectivity index (χ1n) is 5.15. The summed E-state index contributed by atoms with van der Waals surface area (Å²) in [5.41, 5.74) is 0.982. The van der Waals surface area contributed by atoms with Crippen molar-refractivity contribution in [3.63, 3.8) is 0 Å². The van der Waals surface area contributed by atoms with Gasteiger partial charge in [0, 0.05) is 6.54 Å². The van der Waals surface area contributed by atoms with E-state index in [2.05, 4.69) is 9.46 Å². The number of carbonyl (C=O) groups is 1. The van der Waals surface area contributed by atoms with Crippen LogP contribution in [0.4, 0.5) is 0 Å². The van der Waals surface area contributed by atoms with E-state index in [4.69, 9.17) is 0 Å². The highest BCUT2D eigenvalue weighted by molar-refractivity contribution is 14.1. The lowest BCUT2D eigenvalue weighted by molar-refractivity contribution is -0.139. The zero-order valence-electron chi connectivity index (χ0n) is 10.0. The van der Waals surface area contributed by atoms with Gasteiger partial charge < -0.3 is 4.74 Å². The van der Waals surface area contributed by atoms with Gasteiger partial charge in [-0.05, 0) is 19.1 Å². The predicted molar refractivity (Wildman–Crippen MR) is 76.2 cm³/mol. The van der Waals surface area contributed by atoms with Crippen molar-refractivity contribution in [3.8, 4) is 0 Å². The van der Waals surface area contributed by atoms with Gasteiger partial charge in [-0.1, -0.05) is 40.3 Å². The average Bonchev–Trinajstić information content (AvgIpc) is 2.35. The molecular formula is C11H14INO4S. The Bertz CT molecular complexity index is 512. The summed E-state index contributed by atoms with van der Waals surface area (Å²) in [6, 6.07) is 6.49. The maximum absolute atomic E-state index is 11.9. The summed E-state index contributed by atoms with van der Waals surface area (Å²) in [5, 5.41) is 0. The van der Waals surface area contributed by atoms with Crippen molar-refractivity contribution in [3.05, 3.63) is 29.8 Å². The number of alkyl halides is 1. The summed E-state index contributed by atoms with van der Waals surface area (Å²) in [7, 11) is -2.31. The molecule has 100 valence electrons. The number of rotatable bonds is 5. The molecule has 1 rings (SSSR count). The van der Waals surface area contributed by atoms with Gasteiger partial charge in [-0.25, -0.2) is 13.1 Å². The van der Waals surface area contributed by atoms with Crippen molar-refractivity contribution in [2.24, 2.45) is 0 Å². The van der Waals surface area contributed by atoms with Gasteiger partial charge in [-0.3, -0.25) is 4.79 Å². The number of sulfonamides is 1. The quantitative estimate of drug-likeness (QED) is 0.472. The Morgan fingerprint density at radius 1 is 1.39 bits per heavy atom. The third-order valence-corrected chi connectivity index (χ3v) is 4.63. The highest BCUT2D eigenvalue weighted by Gasteiger charge is 2.20. The molecule has 0 radical (unpaired) electrons. The van der Waals surface area contributed by atoms with Crippen LogP contribution >= 0.6 is 22.6 Å². The molecule has 0 aromatic heterocycles. The normalized spacial score (nSPS) is 13.1. The standard InChI is InChI=1S/C11H14INO4S/c1-8-3-5-9(6-4-8)18(15,16)13-7-10(12)11(14)17-2/h3-6,10,13H,7H2,1-2H3. The number of ether oxygens (including phenoxy) is 1.